The Balaban J connectivity index is 1.66. The van der Waals surface area contributed by atoms with Crippen molar-refractivity contribution in [2.45, 2.75) is 47.6 Å². The Morgan fingerprint density at radius 1 is 0.816 bits per heavy atom. The molecule has 2 N–H and O–H groups in total. The number of aryl methyl sites for hydroxylation is 4. The van der Waals surface area contributed by atoms with Crippen molar-refractivity contribution in [3.8, 4) is 16.8 Å². The average molecular weight is 510 g/mol. The monoisotopic (exact) mass is 509 g/mol. The van der Waals surface area contributed by atoms with Crippen molar-refractivity contribution in [3.05, 3.63) is 95.2 Å². The Morgan fingerprint density at radius 2 is 1.42 bits per heavy atom. The zero-order chi connectivity index (χ0) is 27.4. The van der Waals surface area contributed by atoms with E-state index in [9.17, 15) is 9.59 Å². The van der Waals surface area contributed by atoms with E-state index < -0.39 is 0 Å². The van der Waals surface area contributed by atoms with Gasteiger partial charge in [-0.3, -0.25) is 4.79 Å². The summed E-state index contributed by atoms with van der Waals surface area (Å²) in [4.78, 5) is 28.3. The molecule has 196 valence electrons. The predicted octanol–water partition coefficient (Wildman–Crippen LogP) is 6.65. The number of rotatable bonds is 7. The van der Waals surface area contributed by atoms with Crippen LogP contribution in [0.1, 0.15) is 36.2 Å². The highest BCUT2D eigenvalue weighted by molar-refractivity contribution is 5.99. The van der Waals surface area contributed by atoms with Crippen molar-refractivity contribution in [3.63, 3.8) is 0 Å². The van der Waals surface area contributed by atoms with E-state index in [1.54, 1.807) is 4.68 Å². The lowest BCUT2D eigenvalue weighted by Gasteiger charge is -2.27. The first kappa shape index (κ1) is 26.7. The number of nitrogens with one attached hydrogen (secondary N) is 2. The molecule has 0 aliphatic rings. The van der Waals surface area contributed by atoms with Crippen molar-refractivity contribution in [1.29, 1.82) is 0 Å². The highest BCUT2D eigenvalue weighted by Gasteiger charge is 2.25. The Kier molecular flexibility index (Phi) is 7.96. The van der Waals surface area contributed by atoms with E-state index in [0.717, 1.165) is 44.9 Å². The second-order valence-corrected chi connectivity index (χ2v) is 9.84. The first-order chi connectivity index (χ1) is 18.2. The smallest absolute Gasteiger partial charge is 0.313 e. The van der Waals surface area contributed by atoms with E-state index in [4.69, 9.17) is 5.10 Å². The molecule has 1 aromatic heterocycles. The van der Waals surface area contributed by atoms with Gasteiger partial charge in [0.2, 0.25) is 5.91 Å². The largest absolute Gasteiger partial charge is 0.322 e. The van der Waals surface area contributed by atoms with Gasteiger partial charge in [0.25, 0.3) is 0 Å². The minimum atomic E-state index is -0.320. The molecule has 0 unspecified atom stereocenters. The van der Waals surface area contributed by atoms with Crippen LogP contribution < -0.4 is 10.6 Å². The molecule has 0 atom stereocenters. The summed E-state index contributed by atoms with van der Waals surface area (Å²) < 4.78 is 1.78. The Hall–Kier alpha value is -4.39. The summed E-state index contributed by atoms with van der Waals surface area (Å²) in [6, 6.07) is 23.1. The maximum absolute atomic E-state index is 13.5. The normalized spacial score (nSPS) is 10.9. The van der Waals surface area contributed by atoms with Crippen LogP contribution in [-0.4, -0.2) is 39.2 Å². The summed E-state index contributed by atoms with van der Waals surface area (Å²) in [6.07, 6.45) is 0. The molecular formula is C31H35N5O2. The average Bonchev–Trinajstić information content (AvgIpc) is 3.20. The number of hydrogen-bond acceptors (Lipinski definition) is 3. The number of aromatic nitrogens is 2. The molecule has 3 aromatic carbocycles. The summed E-state index contributed by atoms with van der Waals surface area (Å²) in [5, 5.41) is 10.9. The summed E-state index contributed by atoms with van der Waals surface area (Å²) in [6.45, 7) is 11.5. The molecule has 0 radical (unpaired) electrons. The second-order valence-electron chi connectivity index (χ2n) is 9.84. The quantitative estimate of drug-likeness (QED) is 0.293. The van der Waals surface area contributed by atoms with Gasteiger partial charge in [0, 0.05) is 17.3 Å². The summed E-state index contributed by atoms with van der Waals surface area (Å²) >= 11 is 0. The molecule has 0 aliphatic carbocycles. The number of urea groups is 1. The van der Waals surface area contributed by atoms with Gasteiger partial charge in [0.05, 0.1) is 11.4 Å². The van der Waals surface area contributed by atoms with Crippen LogP contribution >= 0.6 is 0 Å². The van der Waals surface area contributed by atoms with Gasteiger partial charge in [0.1, 0.15) is 12.4 Å². The van der Waals surface area contributed by atoms with E-state index in [-0.39, 0.29) is 24.5 Å². The third-order valence-electron chi connectivity index (χ3n) is 6.64. The molecular weight excluding hydrogens is 474 g/mol. The van der Waals surface area contributed by atoms with Crippen molar-refractivity contribution in [2.24, 2.45) is 0 Å². The predicted molar refractivity (Wildman–Crippen MR) is 154 cm³/mol. The molecule has 7 heteroatoms. The molecule has 1 heterocycles. The van der Waals surface area contributed by atoms with Crippen molar-refractivity contribution in [1.82, 2.24) is 14.7 Å². The number of carbonyl (C=O) groups excluding carboxylic acids is 2. The number of anilines is 2. The number of carbonyl (C=O) groups is 2. The first-order valence-corrected chi connectivity index (χ1v) is 12.8. The van der Waals surface area contributed by atoms with Crippen LogP contribution in [0.15, 0.2) is 72.8 Å². The zero-order valence-corrected chi connectivity index (χ0v) is 22.9. The topological polar surface area (TPSA) is 79.3 Å². The minimum absolute atomic E-state index is 0.110. The maximum Gasteiger partial charge on any atom is 0.322 e. The summed E-state index contributed by atoms with van der Waals surface area (Å²) in [5.74, 6) is 0.272. The number of hydrogen-bond donors (Lipinski definition) is 2. The third-order valence-corrected chi connectivity index (χ3v) is 6.64. The SMILES string of the molecule is Cc1ccccc1-n1nc(C)c(-c2ccccc2)c1NC(=O)CN(C(=O)Nc1c(C)cccc1C)C(C)C. The number of amides is 3. The minimum Gasteiger partial charge on any atom is -0.313 e. The van der Waals surface area contributed by atoms with Crippen LogP contribution in [-0.2, 0) is 4.79 Å². The summed E-state index contributed by atoms with van der Waals surface area (Å²) in [7, 11) is 0. The Labute approximate surface area is 224 Å². The lowest BCUT2D eigenvalue weighted by atomic mass is 10.1. The molecule has 0 saturated carbocycles. The van der Waals surface area contributed by atoms with Gasteiger partial charge >= 0.3 is 6.03 Å². The molecule has 0 aliphatic heterocycles. The van der Waals surface area contributed by atoms with E-state index >= 15 is 0 Å². The Bertz CT molecular complexity index is 1440. The van der Waals surface area contributed by atoms with Crippen molar-refractivity contribution < 1.29 is 9.59 Å². The standard InChI is InChI=1S/C31H35N5O2/c1-20(2)35(31(38)33-29-22(4)14-12-15-23(29)5)19-27(37)32-30-28(25-16-8-7-9-17-25)24(6)34-36(30)26-18-11-10-13-21(26)3/h7-18,20H,19H2,1-6H3,(H,32,37)(H,33,38). The highest BCUT2D eigenvalue weighted by Crippen LogP contribution is 2.34. The van der Waals surface area contributed by atoms with Crippen LogP contribution in [0.2, 0.25) is 0 Å². The van der Waals surface area contributed by atoms with Crippen LogP contribution in [0.3, 0.4) is 0 Å². The van der Waals surface area contributed by atoms with Crippen molar-refractivity contribution >= 4 is 23.4 Å². The highest BCUT2D eigenvalue weighted by atomic mass is 16.2. The lowest BCUT2D eigenvalue weighted by molar-refractivity contribution is -0.117. The van der Waals surface area contributed by atoms with Gasteiger partial charge in [0.15, 0.2) is 0 Å². The molecule has 0 spiro atoms. The molecule has 38 heavy (non-hydrogen) atoms. The van der Waals surface area contributed by atoms with Crippen LogP contribution in [0.5, 0.6) is 0 Å². The lowest BCUT2D eigenvalue weighted by Crippen LogP contribution is -2.45. The van der Waals surface area contributed by atoms with Gasteiger partial charge in [-0.25, -0.2) is 9.48 Å². The van der Waals surface area contributed by atoms with E-state index in [1.807, 2.05) is 114 Å². The van der Waals surface area contributed by atoms with Gasteiger partial charge < -0.3 is 15.5 Å². The second kappa shape index (κ2) is 11.3. The van der Waals surface area contributed by atoms with Gasteiger partial charge in [-0.2, -0.15) is 5.10 Å². The Morgan fingerprint density at radius 3 is 2.05 bits per heavy atom. The van der Waals surface area contributed by atoms with E-state index in [2.05, 4.69) is 10.6 Å². The first-order valence-electron chi connectivity index (χ1n) is 12.8. The fourth-order valence-electron chi connectivity index (χ4n) is 4.57. The van der Waals surface area contributed by atoms with Crippen molar-refractivity contribution in [2.75, 3.05) is 17.2 Å². The third kappa shape index (κ3) is 5.62. The molecule has 0 fully saturated rings. The molecule has 7 nitrogen and oxygen atoms in total. The fourth-order valence-corrected chi connectivity index (χ4v) is 4.57. The van der Waals surface area contributed by atoms with E-state index in [1.165, 1.54) is 4.90 Å². The van der Waals surface area contributed by atoms with Gasteiger partial charge in [-0.05, 0) is 69.9 Å². The molecule has 0 saturated heterocycles. The molecule has 0 bridgehead atoms. The maximum atomic E-state index is 13.5. The molecule has 3 amide bonds. The van der Waals surface area contributed by atoms with E-state index in [0.29, 0.717) is 5.82 Å². The molecule has 4 rings (SSSR count). The molecule has 4 aromatic rings. The van der Waals surface area contributed by atoms with Crippen LogP contribution in [0, 0.1) is 27.7 Å². The van der Waals surface area contributed by atoms with Gasteiger partial charge in [-0.15, -0.1) is 0 Å². The summed E-state index contributed by atoms with van der Waals surface area (Å²) in [5.41, 5.74) is 7.20. The number of para-hydroxylation sites is 2. The number of nitrogens with zero attached hydrogens (tertiary/aromatic N) is 3. The van der Waals surface area contributed by atoms with Crippen LogP contribution in [0.25, 0.3) is 16.8 Å². The van der Waals surface area contributed by atoms with Crippen LogP contribution in [0.4, 0.5) is 16.3 Å². The fraction of sp³-hybridized carbons (Fsp3) is 0.258. The van der Waals surface area contributed by atoms with Gasteiger partial charge in [-0.1, -0.05) is 66.7 Å². The number of benzene rings is 3. The zero-order valence-electron chi connectivity index (χ0n) is 22.9.